The quantitative estimate of drug-likeness (QED) is 0.757. The predicted octanol–water partition coefficient (Wildman–Crippen LogP) is 4.11. The summed E-state index contributed by atoms with van der Waals surface area (Å²) in [6.45, 7) is 5.93. The van der Waals surface area contributed by atoms with Gasteiger partial charge in [-0.3, -0.25) is 4.79 Å². The van der Waals surface area contributed by atoms with Gasteiger partial charge in [-0.25, -0.2) is 4.98 Å². The molecule has 0 fully saturated rings. The number of amides is 1. The van der Waals surface area contributed by atoms with E-state index in [2.05, 4.69) is 16.4 Å². The second-order valence-corrected chi connectivity index (χ2v) is 5.93. The molecule has 0 aliphatic rings. The Balaban J connectivity index is 1.85. The van der Waals surface area contributed by atoms with Gasteiger partial charge in [-0.15, -0.1) is 0 Å². The molecule has 3 aromatic rings. The number of nitrogens with one attached hydrogen (secondary N) is 1. The van der Waals surface area contributed by atoms with Gasteiger partial charge >= 0.3 is 0 Å². The van der Waals surface area contributed by atoms with Gasteiger partial charge in [0.05, 0.1) is 6.20 Å². The van der Waals surface area contributed by atoms with Gasteiger partial charge in [0.2, 0.25) is 5.91 Å². The molecular formula is C19H19N3O2. The Hall–Kier alpha value is -3.08. The number of oxazole rings is 1. The third kappa shape index (κ3) is 3.30. The van der Waals surface area contributed by atoms with Crippen LogP contribution in [0.3, 0.4) is 0 Å². The summed E-state index contributed by atoms with van der Waals surface area (Å²) in [6.07, 6.45) is 1.66. The fourth-order valence-electron chi connectivity index (χ4n) is 2.73. The van der Waals surface area contributed by atoms with Gasteiger partial charge < -0.3 is 15.5 Å². The lowest BCUT2D eigenvalue weighted by Gasteiger charge is -2.05. The molecule has 122 valence electrons. The summed E-state index contributed by atoms with van der Waals surface area (Å²) in [5.41, 5.74) is 10.8. The number of rotatable bonds is 4. The SMILES string of the molecule is Cc1cc(C)cc(Nc2ncc(-c3ccc(C(N)=O)c(C)c3)o2)c1. The molecule has 3 rings (SSSR count). The Morgan fingerprint density at radius 1 is 1.08 bits per heavy atom. The molecule has 2 aromatic carbocycles. The zero-order valence-electron chi connectivity index (χ0n) is 13.9. The monoisotopic (exact) mass is 321 g/mol. The number of nitrogens with two attached hydrogens (primary N) is 1. The molecular weight excluding hydrogens is 302 g/mol. The fourth-order valence-corrected chi connectivity index (χ4v) is 2.73. The molecule has 0 radical (unpaired) electrons. The minimum absolute atomic E-state index is 0.423. The highest BCUT2D eigenvalue weighted by atomic mass is 16.4. The van der Waals surface area contributed by atoms with E-state index in [4.69, 9.17) is 10.2 Å². The van der Waals surface area contributed by atoms with Gasteiger partial charge in [0.15, 0.2) is 5.76 Å². The maximum atomic E-state index is 11.3. The van der Waals surface area contributed by atoms with Crippen molar-refractivity contribution >= 4 is 17.6 Å². The van der Waals surface area contributed by atoms with Crippen LogP contribution >= 0.6 is 0 Å². The first-order valence-electron chi connectivity index (χ1n) is 7.64. The smallest absolute Gasteiger partial charge is 0.299 e. The summed E-state index contributed by atoms with van der Waals surface area (Å²) in [6, 6.07) is 12.0. The fraction of sp³-hybridized carbons (Fsp3) is 0.158. The van der Waals surface area contributed by atoms with E-state index in [-0.39, 0.29) is 0 Å². The Morgan fingerprint density at radius 3 is 2.42 bits per heavy atom. The van der Waals surface area contributed by atoms with Gasteiger partial charge in [-0.1, -0.05) is 12.1 Å². The number of primary amides is 1. The van der Waals surface area contributed by atoms with Crippen molar-refractivity contribution in [1.82, 2.24) is 4.98 Å². The zero-order valence-corrected chi connectivity index (χ0v) is 13.9. The summed E-state index contributed by atoms with van der Waals surface area (Å²) in [4.78, 5) is 15.6. The minimum Gasteiger partial charge on any atom is -0.423 e. The average molecular weight is 321 g/mol. The molecule has 3 N–H and O–H groups in total. The van der Waals surface area contributed by atoms with Gasteiger partial charge in [0.1, 0.15) is 0 Å². The Bertz CT molecular complexity index is 892. The number of anilines is 2. The van der Waals surface area contributed by atoms with Crippen molar-refractivity contribution in [3.05, 3.63) is 64.8 Å². The van der Waals surface area contributed by atoms with Crippen molar-refractivity contribution < 1.29 is 9.21 Å². The van der Waals surface area contributed by atoms with Crippen molar-refractivity contribution in [1.29, 1.82) is 0 Å². The third-order valence-corrected chi connectivity index (χ3v) is 3.76. The Kier molecular flexibility index (Phi) is 4.08. The number of carbonyl (C=O) groups excluding carboxylic acids is 1. The molecule has 5 nitrogen and oxygen atoms in total. The molecule has 1 aromatic heterocycles. The van der Waals surface area contributed by atoms with E-state index in [9.17, 15) is 4.79 Å². The van der Waals surface area contributed by atoms with Crippen LogP contribution in [0.1, 0.15) is 27.0 Å². The van der Waals surface area contributed by atoms with Gasteiger partial charge in [-0.2, -0.15) is 0 Å². The van der Waals surface area contributed by atoms with Gasteiger partial charge in [-0.05, 0) is 61.7 Å². The van der Waals surface area contributed by atoms with Crippen LogP contribution in [0.15, 0.2) is 47.0 Å². The van der Waals surface area contributed by atoms with E-state index in [1.165, 1.54) is 11.1 Å². The Labute approximate surface area is 140 Å². The van der Waals surface area contributed by atoms with Gasteiger partial charge in [0.25, 0.3) is 6.01 Å². The van der Waals surface area contributed by atoms with Crippen LogP contribution in [0.4, 0.5) is 11.7 Å². The second kappa shape index (κ2) is 6.20. The van der Waals surface area contributed by atoms with Crippen LogP contribution in [-0.4, -0.2) is 10.9 Å². The lowest BCUT2D eigenvalue weighted by Crippen LogP contribution is -2.12. The molecule has 0 spiro atoms. The van der Waals surface area contributed by atoms with Crippen molar-refractivity contribution in [2.75, 3.05) is 5.32 Å². The number of hydrogen-bond acceptors (Lipinski definition) is 4. The van der Waals surface area contributed by atoms with E-state index < -0.39 is 5.91 Å². The Morgan fingerprint density at radius 2 is 1.79 bits per heavy atom. The highest BCUT2D eigenvalue weighted by Gasteiger charge is 2.10. The number of nitrogens with zero attached hydrogens (tertiary/aromatic N) is 1. The van der Waals surface area contributed by atoms with E-state index in [0.29, 0.717) is 17.3 Å². The maximum absolute atomic E-state index is 11.3. The van der Waals surface area contributed by atoms with Crippen LogP contribution in [0, 0.1) is 20.8 Å². The lowest BCUT2D eigenvalue weighted by molar-refractivity contribution is 0.0999. The van der Waals surface area contributed by atoms with Crippen molar-refractivity contribution in [3.63, 3.8) is 0 Å². The molecule has 0 bridgehead atoms. The molecule has 0 saturated carbocycles. The molecule has 1 heterocycles. The number of benzene rings is 2. The standard InChI is InChI=1S/C19H19N3O2/c1-11-6-12(2)8-15(7-11)22-19-21-10-17(24-19)14-4-5-16(18(20)23)13(3)9-14/h4-10H,1-3H3,(H2,20,23)(H,21,22). The molecule has 5 heteroatoms. The first-order chi connectivity index (χ1) is 11.4. The maximum Gasteiger partial charge on any atom is 0.299 e. The van der Waals surface area contributed by atoms with Crippen molar-refractivity contribution in [3.8, 4) is 11.3 Å². The highest BCUT2D eigenvalue weighted by Crippen LogP contribution is 2.26. The van der Waals surface area contributed by atoms with E-state index in [1.54, 1.807) is 18.3 Å². The summed E-state index contributed by atoms with van der Waals surface area (Å²) in [7, 11) is 0. The van der Waals surface area contributed by atoms with E-state index >= 15 is 0 Å². The number of aryl methyl sites for hydroxylation is 3. The van der Waals surface area contributed by atoms with Crippen LogP contribution in [0.5, 0.6) is 0 Å². The zero-order chi connectivity index (χ0) is 17.3. The van der Waals surface area contributed by atoms with Gasteiger partial charge in [0, 0.05) is 16.8 Å². The number of aromatic nitrogens is 1. The predicted molar refractivity (Wildman–Crippen MR) is 94.4 cm³/mol. The van der Waals surface area contributed by atoms with E-state index in [0.717, 1.165) is 16.8 Å². The molecule has 0 atom stereocenters. The largest absolute Gasteiger partial charge is 0.423 e. The average Bonchev–Trinajstić information content (AvgIpc) is 2.94. The topological polar surface area (TPSA) is 81.1 Å². The van der Waals surface area contributed by atoms with Crippen LogP contribution in [0.25, 0.3) is 11.3 Å². The first-order valence-corrected chi connectivity index (χ1v) is 7.64. The normalized spacial score (nSPS) is 10.6. The third-order valence-electron chi connectivity index (χ3n) is 3.76. The summed E-state index contributed by atoms with van der Waals surface area (Å²) >= 11 is 0. The molecule has 0 aliphatic carbocycles. The molecule has 24 heavy (non-hydrogen) atoms. The van der Waals surface area contributed by atoms with E-state index in [1.807, 2.05) is 39.0 Å². The first kappa shape index (κ1) is 15.8. The van der Waals surface area contributed by atoms with Crippen molar-refractivity contribution in [2.24, 2.45) is 5.73 Å². The van der Waals surface area contributed by atoms with Crippen molar-refractivity contribution in [2.45, 2.75) is 20.8 Å². The van der Waals surface area contributed by atoms with Crippen LogP contribution in [-0.2, 0) is 0 Å². The lowest BCUT2D eigenvalue weighted by atomic mass is 10.0. The molecule has 0 unspecified atom stereocenters. The summed E-state index contributed by atoms with van der Waals surface area (Å²) in [5.74, 6) is 0.190. The molecule has 1 amide bonds. The summed E-state index contributed by atoms with van der Waals surface area (Å²) in [5, 5.41) is 3.17. The number of hydrogen-bond donors (Lipinski definition) is 2. The minimum atomic E-state index is -0.436. The van der Waals surface area contributed by atoms with Crippen LogP contribution in [0.2, 0.25) is 0 Å². The second-order valence-electron chi connectivity index (χ2n) is 5.93. The summed E-state index contributed by atoms with van der Waals surface area (Å²) < 4.78 is 5.77. The van der Waals surface area contributed by atoms with Crippen LogP contribution < -0.4 is 11.1 Å². The molecule has 0 aliphatic heterocycles. The highest BCUT2D eigenvalue weighted by molar-refractivity contribution is 5.94. The number of carbonyl (C=O) groups is 1. The molecule has 0 saturated heterocycles.